The van der Waals surface area contributed by atoms with Crippen LogP contribution in [0, 0.1) is 11.7 Å². The van der Waals surface area contributed by atoms with Crippen molar-refractivity contribution >= 4 is 0 Å². The number of halogens is 1. The molecule has 0 aliphatic heterocycles. The smallest absolute Gasteiger partial charge is 0.127 e. The molecule has 2 nitrogen and oxygen atoms in total. The second-order valence-electron chi connectivity index (χ2n) is 6.35. The fourth-order valence-corrected chi connectivity index (χ4v) is 3.17. The highest BCUT2D eigenvalue weighted by Crippen LogP contribution is 2.30. The van der Waals surface area contributed by atoms with Crippen LogP contribution >= 0.6 is 0 Å². The third-order valence-electron chi connectivity index (χ3n) is 4.57. The normalized spacial score (nSPS) is 23.8. The molecule has 0 saturated heterocycles. The van der Waals surface area contributed by atoms with Crippen LogP contribution in [-0.4, -0.2) is 12.1 Å². The SMILES string of the molecule is CCC(N)Cc1cc(F)cc(OC2CCCC(CC)C2)c1. The average molecular weight is 293 g/mol. The number of rotatable bonds is 6. The Labute approximate surface area is 127 Å². The summed E-state index contributed by atoms with van der Waals surface area (Å²) in [5, 5.41) is 0. The summed E-state index contributed by atoms with van der Waals surface area (Å²) >= 11 is 0. The van der Waals surface area contributed by atoms with Crippen LogP contribution in [0.5, 0.6) is 5.75 Å². The first kappa shape index (κ1) is 16.3. The van der Waals surface area contributed by atoms with Crippen molar-refractivity contribution in [1.82, 2.24) is 0 Å². The number of hydrogen-bond acceptors (Lipinski definition) is 2. The monoisotopic (exact) mass is 293 g/mol. The Morgan fingerprint density at radius 2 is 2.10 bits per heavy atom. The van der Waals surface area contributed by atoms with Crippen LogP contribution in [0.1, 0.15) is 57.9 Å². The summed E-state index contributed by atoms with van der Waals surface area (Å²) in [7, 11) is 0. The van der Waals surface area contributed by atoms with Crippen molar-refractivity contribution < 1.29 is 9.13 Å². The highest BCUT2D eigenvalue weighted by Gasteiger charge is 2.22. The van der Waals surface area contributed by atoms with E-state index in [9.17, 15) is 4.39 Å². The van der Waals surface area contributed by atoms with Crippen molar-refractivity contribution in [2.45, 2.75) is 70.9 Å². The minimum absolute atomic E-state index is 0.0822. The highest BCUT2D eigenvalue weighted by molar-refractivity contribution is 5.30. The van der Waals surface area contributed by atoms with Gasteiger partial charge in [-0.1, -0.05) is 26.7 Å². The molecule has 0 radical (unpaired) electrons. The van der Waals surface area contributed by atoms with Crippen LogP contribution in [0.4, 0.5) is 4.39 Å². The van der Waals surface area contributed by atoms with E-state index in [1.807, 2.05) is 13.0 Å². The molecule has 3 heteroatoms. The molecule has 118 valence electrons. The first-order valence-corrected chi connectivity index (χ1v) is 8.32. The van der Waals surface area contributed by atoms with Gasteiger partial charge in [0.05, 0.1) is 6.10 Å². The van der Waals surface area contributed by atoms with Gasteiger partial charge < -0.3 is 10.5 Å². The van der Waals surface area contributed by atoms with Crippen LogP contribution in [0.15, 0.2) is 18.2 Å². The molecule has 1 aromatic carbocycles. The van der Waals surface area contributed by atoms with Gasteiger partial charge in [-0.25, -0.2) is 4.39 Å². The number of hydrogen-bond donors (Lipinski definition) is 1. The van der Waals surface area contributed by atoms with E-state index in [1.165, 1.54) is 25.3 Å². The summed E-state index contributed by atoms with van der Waals surface area (Å²) in [4.78, 5) is 0. The molecule has 0 aromatic heterocycles. The predicted molar refractivity (Wildman–Crippen MR) is 85.0 cm³/mol. The molecule has 3 unspecified atom stereocenters. The topological polar surface area (TPSA) is 35.2 Å². The molecule has 21 heavy (non-hydrogen) atoms. The number of benzene rings is 1. The average Bonchev–Trinajstić information content (AvgIpc) is 2.46. The van der Waals surface area contributed by atoms with Gasteiger partial charge in [0.25, 0.3) is 0 Å². The van der Waals surface area contributed by atoms with Gasteiger partial charge in [-0.05, 0) is 55.7 Å². The molecule has 0 spiro atoms. The number of nitrogens with two attached hydrogens (primary N) is 1. The van der Waals surface area contributed by atoms with Gasteiger partial charge in [-0.2, -0.15) is 0 Å². The maximum Gasteiger partial charge on any atom is 0.127 e. The van der Waals surface area contributed by atoms with Crippen LogP contribution in [0.25, 0.3) is 0 Å². The zero-order valence-corrected chi connectivity index (χ0v) is 13.3. The Hall–Kier alpha value is -1.09. The summed E-state index contributed by atoms with van der Waals surface area (Å²) in [5.41, 5.74) is 6.89. The van der Waals surface area contributed by atoms with Gasteiger partial charge >= 0.3 is 0 Å². The molecule has 1 aliphatic carbocycles. The van der Waals surface area contributed by atoms with Crippen molar-refractivity contribution in [3.8, 4) is 5.75 Å². The van der Waals surface area contributed by atoms with E-state index in [0.717, 1.165) is 30.7 Å². The van der Waals surface area contributed by atoms with Gasteiger partial charge in [0.15, 0.2) is 0 Å². The second kappa shape index (κ2) is 7.79. The zero-order chi connectivity index (χ0) is 15.2. The lowest BCUT2D eigenvalue weighted by atomic mass is 9.85. The molecule has 0 bridgehead atoms. The molecule has 3 atom stereocenters. The van der Waals surface area contributed by atoms with Crippen molar-refractivity contribution in [1.29, 1.82) is 0 Å². The lowest BCUT2D eigenvalue weighted by Gasteiger charge is -2.29. The molecule has 1 saturated carbocycles. The fraction of sp³-hybridized carbons (Fsp3) is 0.667. The maximum atomic E-state index is 13.8. The molecule has 1 fully saturated rings. The Morgan fingerprint density at radius 1 is 1.29 bits per heavy atom. The first-order chi connectivity index (χ1) is 10.1. The molecule has 1 aliphatic rings. The summed E-state index contributed by atoms with van der Waals surface area (Å²) in [6.07, 6.45) is 7.73. The van der Waals surface area contributed by atoms with Crippen LogP contribution in [-0.2, 0) is 6.42 Å². The summed E-state index contributed by atoms with van der Waals surface area (Å²) in [6.45, 7) is 4.29. The molecule has 2 N–H and O–H groups in total. The zero-order valence-electron chi connectivity index (χ0n) is 13.3. The van der Waals surface area contributed by atoms with Gasteiger partial charge in [0.1, 0.15) is 11.6 Å². The van der Waals surface area contributed by atoms with Crippen molar-refractivity contribution in [2.75, 3.05) is 0 Å². The van der Waals surface area contributed by atoms with Crippen molar-refractivity contribution in [3.05, 3.63) is 29.6 Å². The standard InChI is InChI=1S/C18H28FNO/c1-3-13-6-5-7-17(10-13)21-18-11-14(8-15(19)12-18)9-16(20)4-2/h8,11-13,16-17H,3-7,9-10,20H2,1-2H3. The van der Waals surface area contributed by atoms with Crippen molar-refractivity contribution in [2.24, 2.45) is 11.7 Å². The summed E-state index contributed by atoms with van der Waals surface area (Å²) in [5.74, 6) is 1.19. The third-order valence-corrected chi connectivity index (χ3v) is 4.57. The lowest BCUT2D eigenvalue weighted by Crippen LogP contribution is -2.25. The molecular formula is C18H28FNO. The van der Waals surface area contributed by atoms with Gasteiger partial charge in [0, 0.05) is 12.1 Å². The van der Waals surface area contributed by atoms with E-state index in [-0.39, 0.29) is 18.0 Å². The maximum absolute atomic E-state index is 13.8. The highest BCUT2D eigenvalue weighted by atomic mass is 19.1. The van der Waals surface area contributed by atoms with Crippen LogP contribution in [0.3, 0.4) is 0 Å². The fourth-order valence-electron chi connectivity index (χ4n) is 3.17. The Balaban J connectivity index is 2.02. The van der Waals surface area contributed by atoms with E-state index in [1.54, 1.807) is 6.07 Å². The first-order valence-electron chi connectivity index (χ1n) is 8.32. The molecule has 0 amide bonds. The van der Waals surface area contributed by atoms with Gasteiger partial charge in [-0.3, -0.25) is 0 Å². The second-order valence-corrected chi connectivity index (χ2v) is 6.35. The molecule has 0 heterocycles. The van der Waals surface area contributed by atoms with E-state index in [0.29, 0.717) is 12.2 Å². The summed E-state index contributed by atoms with van der Waals surface area (Å²) in [6, 6.07) is 5.10. The molecule has 1 aromatic rings. The van der Waals surface area contributed by atoms with E-state index in [4.69, 9.17) is 10.5 Å². The third kappa shape index (κ3) is 4.99. The van der Waals surface area contributed by atoms with Gasteiger partial charge in [0.2, 0.25) is 0 Å². The Kier molecular flexibility index (Phi) is 6.04. The van der Waals surface area contributed by atoms with E-state index in [2.05, 4.69) is 6.92 Å². The minimum Gasteiger partial charge on any atom is -0.490 e. The minimum atomic E-state index is -0.228. The van der Waals surface area contributed by atoms with Crippen molar-refractivity contribution in [3.63, 3.8) is 0 Å². The summed E-state index contributed by atoms with van der Waals surface area (Å²) < 4.78 is 19.8. The van der Waals surface area contributed by atoms with Crippen LogP contribution < -0.4 is 10.5 Å². The lowest BCUT2D eigenvalue weighted by molar-refractivity contribution is 0.121. The largest absolute Gasteiger partial charge is 0.490 e. The van der Waals surface area contributed by atoms with Gasteiger partial charge in [-0.15, -0.1) is 0 Å². The quantitative estimate of drug-likeness (QED) is 0.841. The Morgan fingerprint density at radius 3 is 2.81 bits per heavy atom. The predicted octanol–water partition coefficient (Wildman–Crippen LogP) is 4.45. The molecule has 2 rings (SSSR count). The van der Waals surface area contributed by atoms with Crippen LogP contribution in [0.2, 0.25) is 0 Å². The van der Waals surface area contributed by atoms with E-state index >= 15 is 0 Å². The Bertz CT molecular complexity index is 449. The molecular weight excluding hydrogens is 265 g/mol. The number of ether oxygens (including phenoxy) is 1. The van der Waals surface area contributed by atoms with E-state index < -0.39 is 0 Å².